The molecule has 3 nitrogen and oxygen atoms in total. The third-order valence-corrected chi connectivity index (χ3v) is 3.95. The average molecular weight is 278 g/mol. The molecule has 1 atom stereocenters. The number of fused-ring (bicyclic) bond motifs is 1. The Kier molecular flexibility index (Phi) is 3.53. The number of nitrogens with zero attached hydrogens (tertiary/aromatic N) is 1. The maximum absolute atomic E-state index is 9.02. The summed E-state index contributed by atoms with van der Waals surface area (Å²) in [6.07, 6.45) is 0.985. The Morgan fingerprint density at radius 2 is 2.10 bits per heavy atom. The van der Waals surface area contributed by atoms with Gasteiger partial charge in [-0.25, -0.2) is 0 Å². The van der Waals surface area contributed by atoms with E-state index < -0.39 is 0 Å². The highest BCUT2D eigenvalue weighted by Gasteiger charge is 2.15. The molecule has 0 aliphatic carbocycles. The number of ether oxygens (including phenoxy) is 1. The van der Waals surface area contributed by atoms with E-state index >= 15 is 0 Å². The van der Waals surface area contributed by atoms with E-state index in [9.17, 15) is 0 Å². The first kappa shape index (κ1) is 13.5. The van der Waals surface area contributed by atoms with Crippen LogP contribution in [0.4, 0.5) is 5.69 Å². The van der Waals surface area contributed by atoms with Gasteiger partial charge in [-0.1, -0.05) is 12.1 Å². The average Bonchev–Trinajstić information content (AvgIpc) is 2.96. The third-order valence-electron chi connectivity index (χ3n) is 3.95. The summed E-state index contributed by atoms with van der Waals surface area (Å²) in [7, 11) is 0. The Morgan fingerprint density at radius 3 is 2.90 bits per heavy atom. The molecule has 3 heteroatoms. The van der Waals surface area contributed by atoms with Gasteiger partial charge < -0.3 is 10.1 Å². The van der Waals surface area contributed by atoms with Crippen molar-refractivity contribution < 1.29 is 4.74 Å². The Balaban J connectivity index is 1.83. The zero-order valence-corrected chi connectivity index (χ0v) is 12.3. The molecular weight excluding hydrogens is 260 g/mol. The standard InChI is InChI=1S/C18H18N2O/c1-12-3-4-14(11-19)9-17(12)20-13(2)15-5-6-18-16(10-15)7-8-21-18/h3-6,9-10,13,20H,7-8H2,1-2H3. The molecule has 3 rings (SSSR count). The Morgan fingerprint density at radius 1 is 1.24 bits per heavy atom. The van der Waals surface area contributed by atoms with E-state index in [4.69, 9.17) is 10.00 Å². The first-order valence-electron chi connectivity index (χ1n) is 7.20. The summed E-state index contributed by atoms with van der Waals surface area (Å²) in [5.74, 6) is 1.01. The van der Waals surface area contributed by atoms with Crippen molar-refractivity contribution in [1.82, 2.24) is 0 Å². The minimum absolute atomic E-state index is 0.184. The fourth-order valence-electron chi connectivity index (χ4n) is 2.64. The van der Waals surface area contributed by atoms with E-state index in [0.717, 1.165) is 30.0 Å². The number of hydrogen-bond acceptors (Lipinski definition) is 3. The number of nitriles is 1. The van der Waals surface area contributed by atoms with Crippen molar-refractivity contribution in [3.8, 4) is 11.8 Å². The quantitative estimate of drug-likeness (QED) is 0.923. The van der Waals surface area contributed by atoms with Gasteiger partial charge in [-0.15, -0.1) is 0 Å². The van der Waals surface area contributed by atoms with Crippen molar-refractivity contribution in [3.63, 3.8) is 0 Å². The second-order valence-corrected chi connectivity index (χ2v) is 5.47. The van der Waals surface area contributed by atoms with Crippen LogP contribution in [0.15, 0.2) is 36.4 Å². The van der Waals surface area contributed by atoms with Crippen LogP contribution in [0.1, 0.15) is 35.2 Å². The third kappa shape index (κ3) is 2.71. The number of anilines is 1. The molecule has 0 bridgehead atoms. The van der Waals surface area contributed by atoms with E-state index in [2.05, 4.69) is 36.5 Å². The van der Waals surface area contributed by atoms with Gasteiger partial charge in [0.05, 0.1) is 18.2 Å². The molecule has 2 aromatic rings. The van der Waals surface area contributed by atoms with Crippen LogP contribution in [0.5, 0.6) is 5.75 Å². The Hall–Kier alpha value is -2.47. The number of benzene rings is 2. The first-order chi connectivity index (χ1) is 10.2. The Bertz CT molecular complexity index is 716. The zero-order valence-electron chi connectivity index (χ0n) is 12.3. The summed E-state index contributed by atoms with van der Waals surface area (Å²) < 4.78 is 5.54. The topological polar surface area (TPSA) is 45.0 Å². The lowest BCUT2D eigenvalue weighted by atomic mass is 10.0. The van der Waals surface area contributed by atoms with E-state index in [1.165, 1.54) is 11.1 Å². The lowest BCUT2D eigenvalue weighted by Gasteiger charge is -2.18. The van der Waals surface area contributed by atoms with Crippen LogP contribution in [0.2, 0.25) is 0 Å². The molecular formula is C18H18N2O. The van der Waals surface area contributed by atoms with Gasteiger partial charge in [-0.05, 0) is 54.8 Å². The number of aryl methyl sites for hydroxylation is 1. The number of rotatable bonds is 3. The molecule has 0 saturated heterocycles. The maximum Gasteiger partial charge on any atom is 0.122 e. The summed E-state index contributed by atoms with van der Waals surface area (Å²) in [6.45, 7) is 4.96. The molecule has 0 fully saturated rings. The van der Waals surface area contributed by atoms with Gasteiger partial charge in [0.25, 0.3) is 0 Å². The van der Waals surface area contributed by atoms with Gasteiger partial charge in [0.15, 0.2) is 0 Å². The molecule has 1 aliphatic rings. The van der Waals surface area contributed by atoms with Crippen molar-refractivity contribution in [2.45, 2.75) is 26.3 Å². The highest BCUT2D eigenvalue weighted by atomic mass is 16.5. The normalized spacial score (nSPS) is 14.0. The van der Waals surface area contributed by atoms with Crippen molar-refractivity contribution in [1.29, 1.82) is 5.26 Å². The van der Waals surface area contributed by atoms with Crippen LogP contribution >= 0.6 is 0 Å². The van der Waals surface area contributed by atoms with Gasteiger partial charge in [-0.2, -0.15) is 5.26 Å². The number of hydrogen-bond donors (Lipinski definition) is 1. The monoisotopic (exact) mass is 278 g/mol. The first-order valence-corrected chi connectivity index (χ1v) is 7.20. The molecule has 1 N–H and O–H groups in total. The fraction of sp³-hybridized carbons (Fsp3) is 0.278. The van der Waals surface area contributed by atoms with Crippen LogP contribution in [-0.4, -0.2) is 6.61 Å². The van der Waals surface area contributed by atoms with Crippen LogP contribution in [0, 0.1) is 18.3 Å². The van der Waals surface area contributed by atoms with Crippen molar-refractivity contribution in [2.75, 3.05) is 11.9 Å². The smallest absolute Gasteiger partial charge is 0.122 e. The van der Waals surface area contributed by atoms with Gasteiger partial charge >= 0.3 is 0 Å². The van der Waals surface area contributed by atoms with Gasteiger partial charge in [-0.3, -0.25) is 0 Å². The van der Waals surface area contributed by atoms with Crippen LogP contribution in [0.3, 0.4) is 0 Å². The summed E-state index contributed by atoms with van der Waals surface area (Å²) in [5, 5.41) is 12.5. The van der Waals surface area contributed by atoms with E-state index in [0.29, 0.717) is 5.56 Å². The molecule has 0 radical (unpaired) electrons. The molecule has 2 aromatic carbocycles. The minimum atomic E-state index is 0.184. The van der Waals surface area contributed by atoms with Crippen LogP contribution < -0.4 is 10.1 Å². The van der Waals surface area contributed by atoms with Gasteiger partial charge in [0.1, 0.15) is 5.75 Å². The van der Waals surface area contributed by atoms with Crippen molar-refractivity contribution in [3.05, 3.63) is 58.7 Å². The molecule has 106 valence electrons. The summed E-state index contributed by atoms with van der Waals surface area (Å²) >= 11 is 0. The highest BCUT2D eigenvalue weighted by molar-refractivity contribution is 5.56. The lowest BCUT2D eigenvalue weighted by Crippen LogP contribution is -2.08. The molecule has 1 heterocycles. The minimum Gasteiger partial charge on any atom is -0.493 e. The summed E-state index contributed by atoms with van der Waals surface area (Å²) in [6, 6.07) is 14.5. The lowest BCUT2D eigenvalue weighted by molar-refractivity contribution is 0.357. The summed E-state index contributed by atoms with van der Waals surface area (Å²) in [4.78, 5) is 0. The van der Waals surface area contributed by atoms with Crippen molar-refractivity contribution >= 4 is 5.69 Å². The maximum atomic E-state index is 9.02. The molecule has 0 saturated carbocycles. The fourth-order valence-corrected chi connectivity index (χ4v) is 2.64. The molecule has 0 aromatic heterocycles. The SMILES string of the molecule is Cc1ccc(C#N)cc1NC(C)c1ccc2c(c1)CCO2. The van der Waals surface area contributed by atoms with Crippen molar-refractivity contribution in [2.24, 2.45) is 0 Å². The highest BCUT2D eigenvalue weighted by Crippen LogP contribution is 2.30. The van der Waals surface area contributed by atoms with E-state index in [-0.39, 0.29) is 6.04 Å². The molecule has 0 spiro atoms. The molecule has 1 aliphatic heterocycles. The van der Waals surface area contributed by atoms with Gasteiger partial charge in [0.2, 0.25) is 0 Å². The van der Waals surface area contributed by atoms with E-state index in [1.807, 2.05) is 25.1 Å². The van der Waals surface area contributed by atoms with E-state index in [1.54, 1.807) is 0 Å². The molecule has 21 heavy (non-hydrogen) atoms. The van der Waals surface area contributed by atoms with Gasteiger partial charge in [0, 0.05) is 18.2 Å². The second kappa shape index (κ2) is 5.49. The van der Waals surface area contributed by atoms with Crippen LogP contribution in [-0.2, 0) is 6.42 Å². The number of nitrogens with one attached hydrogen (secondary N) is 1. The largest absolute Gasteiger partial charge is 0.493 e. The second-order valence-electron chi connectivity index (χ2n) is 5.47. The predicted octanol–water partition coefficient (Wildman–Crippen LogP) is 3.97. The molecule has 1 unspecified atom stereocenters. The predicted molar refractivity (Wildman–Crippen MR) is 83.6 cm³/mol. The van der Waals surface area contributed by atoms with Crippen LogP contribution in [0.25, 0.3) is 0 Å². The summed E-state index contributed by atoms with van der Waals surface area (Å²) in [5.41, 5.74) is 5.35. The zero-order chi connectivity index (χ0) is 14.8. The molecule has 0 amide bonds. The Labute approximate surface area is 125 Å².